The summed E-state index contributed by atoms with van der Waals surface area (Å²) >= 11 is 0. The van der Waals surface area contributed by atoms with Crippen LogP contribution < -0.4 is 0 Å². The van der Waals surface area contributed by atoms with Gasteiger partial charge in [0.1, 0.15) is 13.2 Å². The second-order valence-corrected chi connectivity index (χ2v) is 20.6. The van der Waals surface area contributed by atoms with Crippen molar-refractivity contribution in [2.24, 2.45) is 0 Å². The SMILES string of the molecule is CCCCC/C=C\CCCCCCCC(=O)OCC(COC(=O)CCCCCCCCCCC/C=C\CCCCCCCC)OC(=O)CCCCCCCCCCCCCCCCCCCCC. The molecule has 1 unspecified atom stereocenters. The van der Waals surface area contributed by atoms with Gasteiger partial charge in [-0.3, -0.25) is 14.4 Å². The Morgan fingerprint density at radius 2 is 0.485 bits per heavy atom. The summed E-state index contributed by atoms with van der Waals surface area (Å²) in [6.07, 6.45) is 67.5. The molecule has 0 aromatic rings. The van der Waals surface area contributed by atoms with Gasteiger partial charge in [-0.2, -0.15) is 0 Å². The van der Waals surface area contributed by atoms with E-state index in [1.165, 1.54) is 231 Å². The van der Waals surface area contributed by atoms with Crippen LogP contribution in [0.3, 0.4) is 0 Å². The van der Waals surface area contributed by atoms with Gasteiger partial charge >= 0.3 is 17.9 Å². The summed E-state index contributed by atoms with van der Waals surface area (Å²) in [7, 11) is 0. The quantitative estimate of drug-likeness (QED) is 0.0262. The standard InChI is InChI=1S/C62H116O6/c1-4-7-10-13-16-19-22-25-27-29-31-33-35-37-40-43-46-49-52-55-61(64)67-58-59(57-66-60(63)54-51-48-45-42-39-24-21-18-15-12-9-6-3)68-62(65)56-53-50-47-44-41-38-36-34-32-30-28-26-23-20-17-14-11-8-5-2/h18,21,25,27,59H,4-17,19-20,22-24,26,28-58H2,1-3H3/b21-18-,27-25-. The average molecular weight is 958 g/mol. The van der Waals surface area contributed by atoms with Gasteiger partial charge in [-0.15, -0.1) is 0 Å². The van der Waals surface area contributed by atoms with E-state index in [1.807, 2.05) is 0 Å². The number of hydrogen-bond acceptors (Lipinski definition) is 6. The van der Waals surface area contributed by atoms with Crippen LogP contribution in [0.2, 0.25) is 0 Å². The number of ether oxygens (including phenoxy) is 3. The minimum absolute atomic E-state index is 0.0704. The van der Waals surface area contributed by atoms with Crippen molar-refractivity contribution in [3.05, 3.63) is 24.3 Å². The molecule has 0 aromatic heterocycles. The second kappa shape index (κ2) is 57.5. The predicted molar refractivity (Wildman–Crippen MR) is 293 cm³/mol. The lowest BCUT2D eigenvalue weighted by atomic mass is 10.0. The zero-order chi connectivity index (χ0) is 49.3. The van der Waals surface area contributed by atoms with Crippen molar-refractivity contribution in [1.29, 1.82) is 0 Å². The van der Waals surface area contributed by atoms with Crippen molar-refractivity contribution in [1.82, 2.24) is 0 Å². The Morgan fingerprint density at radius 1 is 0.279 bits per heavy atom. The van der Waals surface area contributed by atoms with E-state index in [1.54, 1.807) is 0 Å². The van der Waals surface area contributed by atoms with Crippen LogP contribution in [0.25, 0.3) is 0 Å². The summed E-state index contributed by atoms with van der Waals surface area (Å²) in [6.45, 7) is 6.66. The Labute approximate surface area is 423 Å². The van der Waals surface area contributed by atoms with Crippen LogP contribution in [0.1, 0.15) is 335 Å². The number of allylic oxidation sites excluding steroid dienone is 4. The minimum Gasteiger partial charge on any atom is -0.462 e. The fourth-order valence-corrected chi connectivity index (χ4v) is 9.08. The lowest BCUT2D eigenvalue weighted by Crippen LogP contribution is -2.30. The highest BCUT2D eigenvalue weighted by Gasteiger charge is 2.19. The van der Waals surface area contributed by atoms with E-state index < -0.39 is 6.10 Å². The first-order valence-corrected chi connectivity index (χ1v) is 30.3. The molecule has 0 rings (SSSR count). The van der Waals surface area contributed by atoms with Gasteiger partial charge in [0.25, 0.3) is 0 Å². The molecular formula is C62H116O6. The van der Waals surface area contributed by atoms with Crippen LogP contribution in [0.4, 0.5) is 0 Å². The molecule has 0 aliphatic heterocycles. The van der Waals surface area contributed by atoms with Gasteiger partial charge in [0.05, 0.1) is 0 Å². The zero-order valence-corrected chi connectivity index (χ0v) is 45.9. The molecular weight excluding hydrogens is 841 g/mol. The molecule has 1 atom stereocenters. The van der Waals surface area contributed by atoms with Gasteiger partial charge in [0.15, 0.2) is 6.10 Å². The van der Waals surface area contributed by atoms with E-state index in [2.05, 4.69) is 45.1 Å². The highest BCUT2D eigenvalue weighted by atomic mass is 16.6. The van der Waals surface area contributed by atoms with E-state index >= 15 is 0 Å². The molecule has 6 heteroatoms. The molecule has 0 saturated carbocycles. The Bertz CT molecular complexity index is 1100. The average Bonchev–Trinajstić information content (AvgIpc) is 3.34. The van der Waals surface area contributed by atoms with E-state index in [0.717, 1.165) is 64.2 Å². The lowest BCUT2D eigenvalue weighted by Gasteiger charge is -2.18. The number of esters is 3. The van der Waals surface area contributed by atoms with Crippen molar-refractivity contribution in [2.45, 2.75) is 341 Å². The van der Waals surface area contributed by atoms with E-state index in [9.17, 15) is 14.4 Å². The first-order valence-electron chi connectivity index (χ1n) is 30.3. The Balaban J connectivity index is 4.28. The van der Waals surface area contributed by atoms with Gasteiger partial charge in [-0.1, -0.05) is 270 Å². The molecule has 0 radical (unpaired) electrons. The van der Waals surface area contributed by atoms with Gasteiger partial charge in [0.2, 0.25) is 0 Å². The molecule has 400 valence electrons. The van der Waals surface area contributed by atoms with Crippen LogP contribution >= 0.6 is 0 Å². The summed E-state index contributed by atoms with van der Waals surface area (Å²) in [5.41, 5.74) is 0. The molecule has 0 aliphatic carbocycles. The molecule has 6 nitrogen and oxygen atoms in total. The summed E-state index contributed by atoms with van der Waals surface area (Å²) in [6, 6.07) is 0. The Morgan fingerprint density at radius 3 is 0.765 bits per heavy atom. The van der Waals surface area contributed by atoms with Gasteiger partial charge < -0.3 is 14.2 Å². The fraction of sp³-hybridized carbons (Fsp3) is 0.887. The van der Waals surface area contributed by atoms with Crippen molar-refractivity contribution in [3.8, 4) is 0 Å². The lowest BCUT2D eigenvalue weighted by molar-refractivity contribution is -0.167. The van der Waals surface area contributed by atoms with Gasteiger partial charge in [-0.05, 0) is 70.6 Å². The van der Waals surface area contributed by atoms with Crippen LogP contribution in [0.15, 0.2) is 24.3 Å². The largest absolute Gasteiger partial charge is 0.462 e. The maximum absolute atomic E-state index is 12.9. The molecule has 0 aliphatic rings. The number of rotatable bonds is 56. The Kier molecular flexibility index (Phi) is 55.7. The van der Waals surface area contributed by atoms with Crippen LogP contribution in [-0.2, 0) is 28.6 Å². The summed E-state index contributed by atoms with van der Waals surface area (Å²) < 4.78 is 16.9. The van der Waals surface area contributed by atoms with Crippen LogP contribution in [0, 0.1) is 0 Å². The summed E-state index contributed by atoms with van der Waals surface area (Å²) in [5.74, 6) is -0.859. The first-order chi connectivity index (χ1) is 33.5. The fourth-order valence-electron chi connectivity index (χ4n) is 9.08. The van der Waals surface area contributed by atoms with Crippen molar-refractivity contribution in [2.75, 3.05) is 13.2 Å². The number of unbranched alkanes of at least 4 members (excludes halogenated alkanes) is 41. The second-order valence-electron chi connectivity index (χ2n) is 20.6. The van der Waals surface area contributed by atoms with E-state index in [-0.39, 0.29) is 31.1 Å². The van der Waals surface area contributed by atoms with E-state index in [4.69, 9.17) is 14.2 Å². The van der Waals surface area contributed by atoms with Crippen molar-refractivity contribution >= 4 is 17.9 Å². The van der Waals surface area contributed by atoms with Crippen molar-refractivity contribution in [3.63, 3.8) is 0 Å². The number of carbonyl (C=O) groups is 3. The Hall–Kier alpha value is -2.11. The maximum Gasteiger partial charge on any atom is 0.306 e. The molecule has 68 heavy (non-hydrogen) atoms. The normalized spacial score (nSPS) is 12.1. The topological polar surface area (TPSA) is 78.9 Å². The molecule has 0 amide bonds. The van der Waals surface area contributed by atoms with Crippen molar-refractivity contribution < 1.29 is 28.6 Å². The number of carbonyl (C=O) groups excluding carboxylic acids is 3. The third kappa shape index (κ3) is 54.8. The van der Waals surface area contributed by atoms with Crippen LogP contribution in [-0.4, -0.2) is 37.2 Å². The highest BCUT2D eigenvalue weighted by molar-refractivity contribution is 5.71. The van der Waals surface area contributed by atoms with E-state index in [0.29, 0.717) is 19.3 Å². The summed E-state index contributed by atoms with van der Waals surface area (Å²) in [4.78, 5) is 38.2. The molecule has 0 aromatic carbocycles. The molecule has 0 saturated heterocycles. The molecule has 0 fully saturated rings. The predicted octanol–water partition coefficient (Wildman–Crippen LogP) is 20.3. The highest BCUT2D eigenvalue weighted by Crippen LogP contribution is 2.17. The monoisotopic (exact) mass is 957 g/mol. The molecule has 0 bridgehead atoms. The third-order valence-electron chi connectivity index (χ3n) is 13.7. The van der Waals surface area contributed by atoms with Crippen LogP contribution in [0.5, 0.6) is 0 Å². The maximum atomic E-state index is 12.9. The molecule has 0 spiro atoms. The number of hydrogen-bond donors (Lipinski definition) is 0. The zero-order valence-electron chi connectivity index (χ0n) is 45.9. The molecule has 0 N–H and O–H groups in total. The molecule has 0 heterocycles. The smallest absolute Gasteiger partial charge is 0.306 e. The van der Waals surface area contributed by atoms with Gasteiger partial charge in [-0.25, -0.2) is 0 Å². The summed E-state index contributed by atoms with van der Waals surface area (Å²) in [5, 5.41) is 0. The third-order valence-corrected chi connectivity index (χ3v) is 13.7. The minimum atomic E-state index is -0.771. The first kappa shape index (κ1) is 65.9. The van der Waals surface area contributed by atoms with Gasteiger partial charge in [0, 0.05) is 19.3 Å².